The predicted molar refractivity (Wildman–Crippen MR) is 77.0 cm³/mol. The number of rotatable bonds is 10. The highest BCUT2D eigenvalue weighted by Crippen LogP contribution is 2.09. The van der Waals surface area contributed by atoms with Crippen molar-refractivity contribution in [1.29, 1.82) is 0 Å². The number of likely N-dealkylation sites (N-methyl/N-ethyl adjacent to an activating group) is 1. The summed E-state index contributed by atoms with van der Waals surface area (Å²) in [4.78, 5) is 2.38. The zero-order valence-corrected chi connectivity index (χ0v) is 13.2. The molecule has 0 heterocycles. The predicted octanol–water partition coefficient (Wildman–Crippen LogP) is 2.75. The second kappa shape index (κ2) is 8.86. The Balaban J connectivity index is 4.23. The molecule has 0 amide bonds. The molecule has 0 radical (unpaired) electrons. The van der Waals surface area contributed by atoms with E-state index in [-0.39, 0.29) is 6.10 Å². The van der Waals surface area contributed by atoms with Gasteiger partial charge in [-0.1, -0.05) is 19.9 Å². The molecule has 17 heavy (non-hydrogen) atoms. The normalized spacial score (nSPS) is 14.0. The van der Waals surface area contributed by atoms with Crippen molar-refractivity contribution in [3.63, 3.8) is 0 Å². The molecule has 0 saturated carbocycles. The molecule has 102 valence electrons. The van der Waals surface area contributed by atoms with Crippen molar-refractivity contribution in [3.05, 3.63) is 12.7 Å². The summed E-state index contributed by atoms with van der Waals surface area (Å²) >= 11 is 0. The Morgan fingerprint density at radius 2 is 1.82 bits per heavy atom. The highest BCUT2D eigenvalue weighted by atomic mass is 28.4. The summed E-state index contributed by atoms with van der Waals surface area (Å²) < 4.78 is 11.7. The molecular weight excluding hydrogens is 230 g/mol. The lowest BCUT2D eigenvalue weighted by Gasteiger charge is -2.30. The lowest BCUT2D eigenvalue weighted by Crippen LogP contribution is -2.42. The minimum atomic E-state index is -1.51. The van der Waals surface area contributed by atoms with Gasteiger partial charge in [-0.2, -0.15) is 0 Å². The third-order valence-electron chi connectivity index (χ3n) is 2.42. The van der Waals surface area contributed by atoms with Crippen LogP contribution in [0.15, 0.2) is 12.7 Å². The van der Waals surface area contributed by atoms with Crippen LogP contribution in [0.4, 0.5) is 0 Å². The Bertz CT molecular complexity index is 200. The standard InChI is InChI=1S/C13H29NO2Si/c1-7-10-15-12-13(16-17(4,5)6)11-14(8-2)9-3/h7,13H,1,8-12H2,2-6H3. The first-order valence-electron chi connectivity index (χ1n) is 6.51. The Labute approximate surface area is 108 Å². The maximum absolute atomic E-state index is 6.16. The van der Waals surface area contributed by atoms with Gasteiger partial charge in [-0.3, -0.25) is 0 Å². The summed E-state index contributed by atoms with van der Waals surface area (Å²) in [5, 5.41) is 0. The van der Waals surface area contributed by atoms with E-state index in [0.717, 1.165) is 19.6 Å². The van der Waals surface area contributed by atoms with Crippen molar-refractivity contribution in [1.82, 2.24) is 4.90 Å². The zero-order valence-electron chi connectivity index (χ0n) is 12.2. The Morgan fingerprint density at radius 1 is 1.24 bits per heavy atom. The van der Waals surface area contributed by atoms with E-state index in [4.69, 9.17) is 9.16 Å². The second-order valence-corrected chi connectivity index (χ2v) is 9.62. The molecule has 0 spiro atoms. The molecule has 0 aliphatic carbocycles. The minimum Gasteiger partial charge on any atom is -0.411 e. The van der Waals surface area contributed by atoms with E-state index in [1.165, 1.54) is 0 Å². The summed E-state index contributed by atoms with van der Waals surface area (Å²) in [6, 6.07) is 0. The van der Waals surface area contributed by atoms with Crippen molar-refractivity contribution in [2.75, 3.05) is 32.8 Å². The van der Waals surface area contributed by atoms with Crippen molar-refractivity contribution >= 4 is 8.32 Å². The fourth-order valence-electron chi connectivity index (χ4n) is 1.68. The first kappa shape index (κ1) is 16.8. The average molecular weight is 259 g/mol. The second-order valence-electron chi connectivity index (χ2n) is 5.16. The molecule has 0 aliphatic rings. The highest BCUT2D eigenvalue weighted by Gasteiger charge is 2.22. The summed E-state index contributed by atoms with van der Waals surface area (Å²) in [7, 11) is -1.51. The number of ether oxygens (including phenoxy) is 1. The van der Waals surface area contributed by atoms with E-state index in [2.05, 4.69) is 45.0 Å². The Kier molecular flexibility index (Phi) is 8.77. The van der Waals surface area contributed by atoms with Gasteiger partial charge in [0, 0.05) is 6.54 Å². The summed E-state index contributed by atoms with van der Waals surface area (Å²) in [6.07, 6.45) is 1.96. The zero-order chi connectivity index (χ0) is 13.3. The fourth-order valence-corrected chi connectivity index (χ4v) is 2.82. The first-order chi connectivity index (χ1) is 7.92. The molecule has 0 fully saturated rings. The van der Waals surface area contributed by atoms with E-state index in [1.54, 1.807) is 6.08 Å². The summed E-state index contributed by atoms with van der Waals surface area (Å²) in [6.45, 7) is 19.0. The van der Waals surface area contributed by atoms with Crippen LogP contribution in [-0.4, -0.2) is 52.2 Å². The molecule has 0 bridgehead atoms. The van der Waals surface area contributed by atoms with Crippen LogP contribution in [0.1, 0.15) is 13.8 Å². The first-order valence-corrected chi connectivity index (χ1v) is 9.92. The molecular formula is C13H29NO2Si. The van der Waals surface area contributed by atoms with E-state index in [1.807, 2.05) is 0 Å². The van der Waals surface area contributed by atoms with Crippen LogP contribution in [0, 0.1) is 0 Å². The molecule has 0 aromatic rings. The van der Waals surface area contributed by atoms with Gasteiger partial charge in [0.2, 0.25) is 0 Å². The van der Waals surface area contributed by atoms with Gasteiger partial charge in [-0.05, 0) is 32.7 Å². The molecule has 0 N–H and O–H groups in total. The SMILES string of the molecule is C=CCOCC(CN(CC)CC)O[Si](C)(C)C. The van der Waals surface area contributed by atoms with Crippen LogP contribution in [0.3, 0.4) is 0 Å². The number of hydrogen-bond donors (Lipinski definition) is 0. The third-order valence-corrected chi connectivity index (χ3v) is 3.46. The van der Waals surface area contributed by atoms with Crippen LogP contribution in [0.25, 0.3) is 0 Å². The van der Waals surface area contributed by atoms with E-state index >= 15 is 0 Å². The van der Waals surface area contributed by atoms with Crippen LogP contribution in [0.5, 0.6) is 0 Å². The van der Waals surface area contributed by atoms with Crippen LogP contribution < -0.4 is 0 Å². The summed E-state index contributed by atoms with van der Waals surface area (Å²) in [5.41, 5.74) is 0. The van der Waals surface area contributed by atoms with Gasteiger partial charge in [0.15, 0.2) is 8.32 Å². The molecule has 1 atom stereocenters. The van der Waals surface area contributed by atoms with Gasteiger partial charge in [0.05, 0.1) is 19.3 Å². The lowest BCUT2D eigenvalue weighted by atomic mass is 10.3. The quantitative estimate of drug-likeness (QED) is 0.342. The Hall–Kier alpha value is -0.163. The molecule has 3 nitrogen and oxygen atoms in total. The van der Waals surface area contributed by atoms with Gasteiger partial charge in [-0.15, -0.1) is 6.58 Å². The van der Waals surface area contributed by atoms with E-state index in [9.17, 15) is 0 Å². The van der Waals surface area contributed by atoms with Crippen molar-refractivity contribution in [2.45, 2.75) is 39.6 Å². The van der Waals surface area contributed by atoms with Crippen LogP contribution >= 0.6 is 0 Å². The largest absolute Gasteiger partial charge is 0.411 e. The smallest absolute Gasteiger partial charge is 0.184 e. The topological polar surface area (TPSA) is 21.7 Å². The fraction of sp³-hybridized carbons (Fsp3) is 0.846. The van der Waals surface area contributed by atoms with Crippen LogP contribution in [0.2, 0.25) is 19.6 Å². The van der Waals surface area contributed by atoms with E-state index < -0.39 is 8.32 Å². The van der Waals surface area contributed by atoms with Crippen molar-refractivity contribution in [2.24, 2.45) is 0 Å². The van der Waals surface area contributed by atoms with Gasteiger partial charge in [-0.25, -0.2) is 0 Å². The van der Waals surface area contributed by atoms with Crippen molar-refractivity contribution in [3.8, 4) is 0 Å². The molecule has 0 aliphatic heterocycles. The number of hydrogen-bond acceptors (Lipinski definition) is 3. The molecule has 0 aromatic heterocycles. The highest BCUT2D eigenvalue weighted by molar-refractivity contribution is 6.69. The maximum Gasteiger partial charge on any atom is 0.184 e. The monoisotopic (exact) mass is 259 g/mol. The van der Waals surface area contributed by atoms with Gasteiger partial charge in [0.25, 0.3) is 0 Å². The molecule has 0 saturated heterocycles. The average Bonchev–Trinajstić information content (AvgIpc) is 2.23. The molecule has 0 aromatic carbocycles. The van der Waals surface area contributed by atoms with Gasteiger partial charge < -0.3 is 14.1 Å². The number of nitrogens with zero attached hydrogens (tertiary/aromatic N) is 1. The van der Waals surface area contributed by atoms with Crippen molar-refractivity contribution < 1.29 is 9.16 Å². The molecule has 1 unspecified atom stereocenters. The molecule has 4 heteroatoms. The van der Waals surface area contributed by atoms with Crippen LogP contribution in [-0.2, 0) is 9.16 Å². The third kappa shape index (κ3) is 9.53. The lowest BCUT2D eigenvalue weighted by molar-refractivity contribution is 0.0385. The minimum absolute atomic E-state index is 0.182. The Morgan fingerprint density at radius 3 is 2.24 bits per heavy atom. The van der Waals surface area contributed by atoms with Gasteiger partial charge in [0.1, 0.15) is 0 Å². The van der Waals surface area contributed by atoms with Gasteiger partial charge >= 0.3 is 0 Å². The summed E-state index contributed by atoms with van der Waals surface area (Å²) in [5.74, 6) is 0. The molecule has 0 rings (SSSR count). The van der Waals surface area contributed by atoms with E-state index in [0.29, 0.717) is 13.2 Å². The maximum atomic E-state index is 6.16.